The zero-order valence-electron chi connectivity index (χ0n) is 8.75. The summed E-state index contributed by atoms with van der Waals surface area (Å²) in [6.45, 7) is 0.660. The Balaban J connectivity index is 3.13. The second kappa shape index (κ2) is 5.28. The van der Waals surface area contributed by atoms with E-state index in [1.165, 1.54) is 6.92 Å². The van der Waals surface area contributed by atoms with Crippen LogP contribution < -0.4 is 4.72 Å². The lowest BCUT2D eigenvalue weighted by Gasteiger charge is -2.14. The van der Waals surface area contributed by atoms with Gasteiger partial charge >= 0.3 is 0 Å². The van der Waals surface area contributed by atoms with Crippen LogP contribution in [0.4, 0.5) is 14.5 Å². The van der Waals surface area contributed by atoms with Crippen molar-refractivity contribution >= 4 is 31.6 Å². The Morgan fingerprint density at radius 3 is 2.53 bits per heavy atom. The van der Waals surface area contributed by atoms with Gasteiger partial charge in [0.25, 0.3) is 0 Å². The molecule has 0 aromatic heterocycles. The van der Waals surface area contributed by atoms with E-state index in [9.17, 15) is 17.2 Å². The Bertz CT molecular complexity index is 498. The van der Waals surface area contributed by atoms with E-state index in [2.05, 4.69) is 15.9 Å². The molecule has 0 saturated carbocycles. The first kappa shape index (κ1) is 14.3. The van der Waals surface area contributed by atoms with Gasteiger partial charge in [-0.25, -0.2) is 17.2 Å². The molecule has 1 aromatic rings. The average molecular weight is 330 g/mol. The lowest BCUT2D eigenvalue weighted by Crippen LogP contribution is -2.28. The summed E-state index contributed by atoms with van der Waals surface area (Å²) in [4.78, 5) is 0. The van der Waals surface area contributed by atoms with Crippen LogP contribution in [0.1, 0.15) is 6.92 Å². The molecule has 0 fully saturated rings. The van der Waals surface area contributed by atoms with Gasteiger partial charge in [0.15, 0.2) is 5.82 Å². The molecule has 0 saturated heterocycles. The first-order chi connectivity index (χ1) is 7.77. The monoisotopic (exact) mass is 329 g/mol. The first-order valence-electron chi connectivity index (χ1n) is 4.55. The maximum atomic E-state index is 13.3. The predicted molar refractivity (Wildman–Crippen MR) is 63.1 cm³/mol. The molecule has 0 spiro atoms. The summed E-state index contributed by atoms with van der Waals surface area (Å²) in [6.07, 6.45) is 0. The van der Waals surface area contributed by atoms with Crippen LogP contribution in [0, 0.1) is 11.6 Å². The lowest BCUT2D eigenvalue weighted by atomic mass is 10.3. The zero-order valence-corrected chi connectivity index (χ0v) is 11.1. The molecule has 8 heteroatoms. The van der Waals surface area contributed by atoms with Crippen molar-refractivity contribution in [1.29, 1.82) is 0 Å². The summed E-state index contributed by atoms with van der Waals surface area (Å²) in [7, 11) is -3.91. The van der Waals surface area contributed by atoms with E-state index in [1.54, 1.807) is 0 Å². The van der Waals surface area contributed by atoms with Gasteiger partial charge in [-0.1, -0.05) is 0 Å². The third kappa shape index (κ3) is 3.36. The van der Waals surface area contributed by atoms with E-state index in [4.69, 9.17) is 5.11 Å². The highest BCUT2D eigenvalue weighted by atomic mass is 79.9. The largest absolute Gasteiger partial charge is 0.395 e. The van der Waals surface area contributed by atoms with Gasteiger partial charge in [0.2, 0.25) is 10.0 Å². The fraction of sp³-hybridized carbons (Fsp3) is 0.333. The minimum atomic E-state index is -3.91. The first-order valence-corrected chi connectivity index (χ1v) is 6.89. The second-order valence-electron chi connectivity index (χ2n) is 3.38. The van der Waals surface area contributed by atoms with Gasteiger partial charge in [0, 0.05) is 10.5 Å². The van der Waals surface area contributed by atoms with Crippen LogP contribution in [-0.2, 0) is 10.0 Å². The molecule has 1 aromatic carbocycles. The van der Waals surface area contributed by atoms with Crippen LogP contribution in [0.5, 0.6) is 0 Å². The summed E-state index contributed by atoms with van der Waals surface area (Å²) in [6, 6.07) is 1.50. The van der Waals surface area contributed by atoms with Crippen molar-refractivity contribution in [2.75, 3.05) is 11.3 Å². The minimum Gasteiger partial charge on any atom is -0.395 e. The second-order valence-corrected chi connectivity index (χ2v) is 6.34. The fourth-order valence-corrected chi connectivity index (χ4v) is 2.51. The molecular formula is C9H10BrF2NO3S. The molecule has 0 bridgehead atoms. The van der Waals surface area contributed by atoms with E-state index in [0.717, 1.165) is 6.07 Å². The Morgan fingerprint density at radius 1 is 1.47 bits per heavy atom. The number of rotatable bonds is 4. The topological polar surface area (TPSA) is 66.4 Å². The highest BCUT2D eigenvalue weighted by Gasteiger charge is 2.22. The molecule has 0 radical (unpaired) electrons. The third-order valence-electron chi connectivity index (χ3n) is 2.04. The molecule has 0 heterocycles. The number of aliphatic hydroxyl groups is 1. The molecular weight excluding hydrogens is 320 g/mol. The van der Waals surface area contributed by atoms with Crippen molar-refractivity contribution in [3.05, 3.63) is 28.2 Å². The van der Waals surface area contributed by atoms with Crippen LogP contribution >= 0.6 is 15.9 Å². The van der Waals surface area contributed by atoms with Crippen LogP contribution in [0.3, 0.4) is 0 Å². The van der Waals surface area contributed by atoms with Gasteiger partial charge in [-0.3, -0.25) is 4.72 Å². The van der Waals surface area contributed by atoms with Crippen molar-refractivity contribution in [1.82, 2.24) is 0 Å². The normalized spacial score (nSPS) is 13.5. The standard InChI is InChI=1S/C9H10BrF2NO3S/c1-5(4-14)17(15,16)13-9-7(10)2-6(11)3-8(9)12/h2-3,5,13-14H,4H2,1H3. The van der Waals surface area contributed by atoms with Gasteiger partial charge in [-0.05, 0) is 28.9 Å². The molecule has 4 nitrogen and oxygen atoms in total. The third-order valence-corrected chi connectivity index (χ3v) is 4.36. The van der Waals surface area contributed by atoms with E-state index < -0.39 is 33.5 Å². The Hall–Kier alpha value is -0.730. The van der Waals surface area contributed by atoms with E-state index in [-0.39, 0.29) is 10.2 Å². The minimum absolute atomic E-state index is 0.0521. The Morgan fingerprint density at radius 2 is 2.06 bits per heavy atom. The lowest BCUT2D eigenvalue weighted by molar-refractivity contribution is 0.296. The number of sulfonamides is 1. The van der Waals surface area contributed by atoms with Crippen molar-refractivity contribution in [3.63, 3.8) is 0 Å². The highest BCUT2D eigenvalue weighted by molar-refractivity contribution is 9.10. The number of anilines is 1. The number of hydrogen-bond donors (Lipinski definition) is 2. The molecule has 17 heavy (non-hydrogen) atoms. The van der Waals surface area contributed by atoms with Crippen LogP contribution in [0.25, 0.3) is 0 Å². The summed E-state index contributed by atoms with van der Waals surface area (Å²) in [5, 5.41) is 7.65. The van der Waals surface area contributed by atoms with Gasteiger partial charge in [-0.15, -0.1) is 0 Å². The zero-order chi connectivity index (χ0) is 13.2. The fourth-order valence-electron chi connectivity index (χ4n) is 0.981. The maximum Gasteiger partial charge on any atom is 0.237 e. The summed E-state index contributed by atoms with van der Waals surface area (Å²) < 4.78 is 51.2. The van der Waals surface area contributed by atoms with Crippen LogP contribution in [-0.4, -0.2) is 25.4 Å². The Labute approximate surface area is 106 Å². The smallest absolute Gasteiger partial charge is 0.237 e. The quantitative estimate of drug-likeness (QED) is 0.885. The molecule has 0 aliphatic rings. The van der Waals surface area contributed by atoms with E-state index >= 15 is 0 Å². The molecule has 0 aliphatic carbocycles. The molecule has 0 amide bonds. The van der Waals surface area contributed by atoms with Crippen molar-refractivity contribution in [2.24, 2.45) is 0 Å². The molecule has 1 atom stereocenters. The summed E-state index contributed by atoms with van der Waals surface area (Å²) in [5.74, 6) is -1.86. The van der Waals surface area contributed by atoms with Gasteiger partial charge in [0.05, 0.1) is 12.3 Å². The van der Waals surface area contributed by atoms with E-state index in [0.29, 0.717) is 6.07 Å². The maximum absolute atomic E-state index is 13.3. The summed E-state index contributed by atoms with van der Waals surface area (Å²) in [5.41, 5.74) is -0.383. The van der Waals surface area contributed by atoms with Crippen molar-refractivity contribution in [3.8, 4) is 0 Å². The molecule has 1 rings (SSSR count). The van der Waals surface area contributed by atoms with Crippen molar-refractivity contribution in [2.45, 2.75) is 12.2 Å². The van der Waals surface area contributed by atoms with Gasteiger partial charge < -0.3 is 5.11 Å². The molecule has 2 N–H and O–H groups in total. The van der Waals surface area contributed by atoms with Crippen molar-refractivity contribution < 1.29 is 22.3 Å². The molecule has 0 aliphatic heterocycles. The van der Waals surface area contributed by atoms with Gasteiger partial charge in [0.1, 0.15) is 11.1 Å². The van der Waals surface area contributed by atoms with Crippen LogP contribution in [0.15, 0.2) is 16.6 Å². The summed E-state index contributed by atoms with van der Waals surface area (Å²) >= 11 is 2.85. The Kier molecular flexibility index (Phi) is 4.45. The van der Waals surface area contributed by atoms with Crippen LogP contribution in [0.2, 0.25) is 0 Å². The number of nitrogens with one attached hydrogen (secondary N) is 1. The highest BCUT2D eigenvalue weighted by Crippen LogP contribution is 2.28. The number of benzene rings is 1. The number of aliphatic hydroxyl groups excluding tert-OH is 1. The van der Waals surface area contributed by atoms with E-state index in [1.807, 2.05) is 4.72 Å². The SMILES string of the molecule is CC(CO)S(=O)(=O)Nc1c(F)cc(F)cc1Br. The van der Waals surface area contributed by atoms with Gasteiger partial charge in [-0.2, -0.15) is 0 Å². The predicted octanol–water partition coefficient (Wildman–Crippen LogP) is 1.85. The average Bonchev–Trinajstić information content (AvgIpc) is 2.22. The molecule has 96 valence electrons. The number of hydrogen-bond acceptors (Lipinski definition) is 3. The molecule has 1 unspecified atom stereocenters. The number of halogens is 3.